The molecular weight excluding hydrogens is 174 g/mol. The topological polar surface area (TPSA) is 67.8 Å². The minimum absolute atomic E-state index is 0.00495. The number of hydrogen-bond acceptors (Lipinski definition) is 5. The number of aliphatic hydroxyl groups is 1. The Bertz CT molecular complexity index is 140. The van der Waals surface area contributed by atoms with Gasteiger partial charge in [-0.15, -0.1) is 0 Å². The summed E-state index contributed by atoms with van der Waals surface area (Å²) in [4.78, 5) is 10.7. The van der Waals surface area contributed by atoms with Gasteiger partial charge in [0.05, 0.1) is 32.8 Å². The number of methoxy groups -OCH3 is 2. The molecule has 0 radical (unpaired) electrons. The summed E-state index contributed by atoms with van der Waals surface area (Å²) in [5, 5.41) is 11.8. The van der Waals surface area contributed by atoms with Crippen molar-refractivity contribution in [1.29, 1.82) is 0 Å². The lowest BCUT2D eigenvalue weighted by molar-refractivity contribution is -0.140. The fraction of sp³-hybridized carbons (Fsp3) is 0.875. The van der Waals surface area contributed by atoms with E-state index in [0.29, 0.717) is 19.6 Å². The van der Waals surface area contributed by atoms with Crippen molar-refractivity contribution in [3.8, 4) is 0 Å². The van der Waals surface area contributed by atoms with Crippen molar-refractivity contribution >= 4 is 5.97 Å². The first-order valence-electron chi connectivity index (χ1n) is 4.14. The molecule has 0 amide bonds. The van der Waals surface area contributed by atoms with Crippen LogP contribution in [0, 0.1) is 0 Å². The lowest BCUT2D eigenvalue weighted by Crippen LogP contribution is -2.37. The lowest BCUT2D eigenvalue weighted by atomic mass is 10.3. The van der Waals surface area contributed by atoms with Gasteiger partial charge < -0.3 is 19.9 Å². The number of hydrogen-bond donors (Lipinski definition) is 2. The Kier molecular flexibility index (Phi) is 7.57. The van der Waals surface area contributed by atoms with Crippen molar-refractivity contribution in [1.82, 2.24) is 5.32 Å². The monoisotopic (exact) mass is 191 g/mol. The number of carbonyl (C=O) groups excluding carboxylic acids is 1. The summed E-state index contributed by atoms with van der Waals surface area (Å²) >= 11 is 0. The van der Waals surface area contributed by atoms with E-state index < -0.39 is 0 Å². The van der Waals surface area contributed by atoms with E-state index >= 15 is 0 Å². The Labute approximate surface area is 78.0 Å². The predicted molar refractivity (Wildman–Crippen MR) is 47.4 cm³/mol. The van der Waals surface area contributed by atoms with E-state index in [4.69, 9.17) is 9.84 Å². The Morgan fingerprint density at radius 1 is 1.54 bits per heavy atom. The van der Waals surface area contributed by atoms with Gasteiger partial charge in [0.15, 0.2) is 0 Å². The molecule has 2 N–H and O–H groups in total. The first-order chi connectivity index (χ1) is 6.24. The molecule has 0 aliphatic carbocycles. The molecule has 0 saturated heterocycles. The van der Waals surface area contributed by atoms with Crippen LogP contribution in [0.4, 0.5) is 0 Å². The smallest absolute Gasteiger partial charge is 0.306 e. The standard InChI is InChI=1S/C8H17NO4/c1-12-6-7(5-10)9-4-3-8(11)13-2/h7,9-10H,3-6H2,1-2H3. The van der Waals surface area contributed by atoms with Crippen LogP contribution in [0.15, 0.2) is 0 Å². The van der Waals surface area contributed by atoms with Crippen molar-refractivity contribution in [2.45, 2.75) is 12.5 Å². The second kappa shape index (κ2) is 7.97. The highest BCUT2D eigenvalue weighted by molar-refractivity contribution is 5.69. The molecule has 5 nitrogen and oxygen atoms in total. The van der Waals surface area contributed by atoms with Crippen LogP contribution in [0.25, 0.3) is 0 Å². The van der Waals surface area contributed by atoms with E-state index in [1.165, 1.54) is 7.11 Å². The minimum atomic E-state index is -0.262. The summed E-state index contributed by atoms with van der Waals surface area (Å²) in [5.41, 5.74) is 0. The largest absolute Gasteiger partial charge is 0.469 e. The fourth-order valence-electron chi connectivity index (χ4n) is 0.858. The molecule has 0 aromatic heterocycles. The molecule has 13 heavy (non-hydrogen) atoms. The zero-order valence-electron chi connectivity index (χ0n) is 8.08. The SMILES string of the molecule is COCC(CO)NCCC(=O)OC. The molecule has 0 spiro atoms. The molecule has 0 rings (SSSR count). The normalized spacial score (nSPS) is 12.5. The summed E-state index contributed by atoms with van der Waals surface area (Å²) < 4.78 is 9.29. The zero-order chi connectivity index (χ0) is 10.1. The molecule has 78 valence electrons. The van der Waals surface area contributed by atoms with Gasteiger partial charge in [-0.1, -0.05) is 0 Å². The number of aliphatic hydroxyl groups excluding tert-OH is 1. The van der Waals surface area contributed by atoms with E-state index in [2.05, 4.69) is 10.1 Å². The van der Waals surface area contributed by atoms with Crippen molar-refractivity contribution in [3.63, 3.8) is 0 Å². The second-order valence-electron chi connectivity index (χ2n) is 2.62. The third-order valence-corrected chi connectivity index (χ3v) is 1.58. The Hall–Kier alpha value is -0.650. The summed E-state index contributed by atoms with van der Waals surface area (Å²) in [5.74, 6) is -0.262. The minimum Gasteiger partial charge on any atom is -0.469 e. The van der Waals surface area contributed by atoms with Crippen LogP contribution in [-0.4, -0.2) is 51.1 Å². The number of ether oxygens (including phenoxy) is 2. The van der Waals surface area contributed by atoms with E-state index in [9.17, 15) is 4.79 Å². The van der Waals surface area contributed by atoms with Crippen LogP contribution in [0.2, 0.25) is 0 Å². The molecule has 0 aliphatic heterocycles. The zero-order valence-corrected chi connectivity index (χ0v) is 8.08. The van der Waals surface area contributed by atoms with Crippen LogP contribution in [0.3, 0.4) is 0 Å². The van der Waals surface area contributed by atoms with Gasteiger partial charge in [0.25, 0.3) is 0 Å². The van der Waals surface area contributed by atoms with Crippen LogP contribution in [0.5, 0.6) is 0 Å². The van der Waals surface area contributed by atoms with E-state index in [1.807, 2.05) is 0 Å². The van der Waals surface area contributed by atoms with E-state index in [1.54, 1.807) is 7.11 Å². The van der Waals surface area contributed by atoms with Crippen molar-refractivity contribution in [2.24, 2.45) is 0 Å². The second-order valence-corrected chi connectivity index (χ2v) is 2.62. The maximum atomic E-state index is 10.7. The Morgan fingerprint density at radius 2 is 2.23 bits per heavy atom. The van der Waals surface area contributed by atoms with Gasteiger partial charge in [0.1, 0.15) is 0 Å². The van der Waals surface area contributed by atoms with Gasteiger partial charge in [-0.05, 0) is 0 Å². The molecule has 0 aliphatic rings. The first kappa shape index (κ1) is 12.3. The molecule has 0 fully saturated rings. The third kappa shape index (κ3) is 6.51. The van der Waals surface area contributed by atoms with Crippen molar-refractivity contribution in [3.05, 3.63) is 0 Å². The Balaban J connectivity index is 3.42. The Morgan fingerprint density at radius 3 is 2.69 bits per heavy atom. The highest BCUT2D eigenvalue weighted by atomic mass is 16.5. The molecule has 0 aromatic rings. The predicted octanol–water partition coefficient (Wildman–Crippen LogP) is -0.854. The van der Waals surface area contributed by atoms with E-state index in [-0.39, 0.29) is 18.6 Å². The maximum absolute atomic E-state index is 10.7. The highest BCUT2D eigenvalue weighted by Gasteiger charge is 2.06. The molecule has 1 unspecified atom stereocenters. The van der Waals surface area contributed by atoms with Gasteiger partial charge in [-0.3, -0.25) is 4.79 Å². The lowest BCUT2D eigenvalue weighted by Gasteiger charge is -2.14. The number of nitrogens with one attached hydrogen (secondary N) is 1. The molecule has 0 aromatic carbocycles. The van der Waals surface area contributed by atoms with Gasteiger partial charge in [0, 0.05) is 13.7 Å². The van der Waals surface area contributed by atoms with Crippen LogP contribution >= 0.6 is 0 Å². The quantitative estimate of drug-likeness (QED) is 0.513. The molecule has 1 atom stereocenters. The number of carbonyl (C=O) groups is 1. The van der Waals surface area contributed by atoms with E-state index in [0.717, 1.165) is 0 Å². The van der Waals surface area contributed by atoms with Gasteiger partial charge in [-0.25, -0.2) is 0 Å². The molecule has 0 heterocycles. The summed E-state index contributed by atoms with van der Waals surface area (Å²) in [6, 6.07) is -0.116. The summed E-state index contributed by atoms with van der Waals surface area (Å²) in [6.45, 7) is 0.911. The highest BCUT2D eigenvalue weighted by Crippen LogP contribution is 1.86. The van der Waals surface area contributed by atoms with Crippen molar-refractivity contribution in [2.75, 3.05) is 34.0 Å². The number of rotatable bonds is 7. The maximum Gasteiger partial charge on any atom is 0.306 e. The van der Waals surface area contributed by atoms with Crippen molar-refractivity contribution < 1.29 is 19.4 Å². The average molecular weight is 191 g/mol. The number of esters is 1. The molecule has 0 bridgehead atoms. The molecule has 5 heteroatoms. The molecular formula is C8H17NO4. The van der Waals surface area contributed by atoms with Crippen LogP contribution in [-0.2, 0) is 14.3 Å². The third-order valence-electron chi connectivity index (χ3n) is 1.58. The fourth-order valence-corrected chi connectivity index (χ4v) is 0.858. The van der Waals surface area contributed by atoms with Crippen LogP contribution < -0.4 is 5.32 Å². The van der Waals surface area contributed by atoms with Crippen LogP contribution in [0.1, 0.15) is 6.42 Å². The van der Waals surface area contributed by atoms with Gasteiger partial charge in [-0.2, -0.15) is 0 Å². The summed E-state index contributed by atoms with van der Waals surface area (Å²) in [6.07, 6.45) is 0.302. The average Bonchev–Trinajstić information content (AvgIpc) is 2.16. The van der Waals surface area contributed by atoms with Gasteiger partial charge in [0.2, 0.25) is 0 Å². The molecule has 0 saturated carbocycles. The summed E-state index contributed by atoms with van der Waals surface area (Å²) in [7, 11) is 2.91. The first-order valence-corrected chi connectivity index (χ1v) is 4.14. The van der Waals surface area contributed by atoms with Gasteiger partial charge >= 0.3 is 5.97 Å².